The van der Waals surface area contributed by atoms with Crippen LogP contribution < -0.4 is 10.1 Å². The lowest BCUT2D eigenvalue weighted by Crippen LogP contribution is -2.48. The first-order chi connectivity index (χ1) is 11.8. The summed E-state index contributed by atoms with van der Waals surface area (Å²) in [6, 6.07) is 8.78. The van der Waals surface area contributed by atoms with Gasteiger partial charge >= 0.3 is 0 Å². The molecule has 2 aliphatic heterocycles. The summed E-state index contributed by atoms with van der Waals surface area (Å²) in [6.07, 6.45) is 4.11. The van der Waals surface area contributed by atoms with Crippen LogP contribution >= 0.6 is 0 Å². The van der Waals surface area contributed by atoms with Crippen molar-refractivity contribution in [3.05, 3.63) is 42.0 Å². The van der Waals surface area contributed by atoms with Gasteiger partial charge in [0.05, 0.1) is 13.2 Å². The lowest BCUT2D eigenvalue weighted by Gasteiger charge is -2.39. The van der Waals surface area contributed by atoms with E-state index in [0.717, 1.165) is 50.7 Å². The average Bonchev–Trinajstić information content (AvgIpc) is 3.10. The molecular weight excluding hydrogens is 302 g/mol. The van der Waals surface area contributed by atoms with Crippen molar-refractivity contribution in [2.75, 3.05) is 33.3 Å². The van der Waals surface area contributed by atoms with Gasteiger partial charge < -0.3 is 14.6 Å². The molecule has 0 saturated carbocycles. The summed E-state index contributed by atoms with van der Waals surface area (Å²) < 4.78 is 7.81. The van der Waals surface area contributed by atoms with Gasteiger partial charge in [-0.05, 0) is 18.4 Å². The number of methoxy groups -OCH3 is 1. The second-order valence-electron chi connectivity index (χ2n) is 6.76. The van der Waals surface area contributed by atoms with E-state index in [1.165, 1.54) is 12.0 Å². The van der Waals surface area contributed by atoms with Crippen LogP contribution in [0.15, 0.2) is 30.6 Å². The maximum Gasteiger partial charge on any atom is 0.132 e. The Balaban J connectivity index is 1.50. The monoisotopic (exact) mass is 327 g/mol. The van der Waals surface area contributed by atoms with E-state index in [1.807, 2.05) is 12.4 Å². The quantitative estimate of drug-likeness (QED) is 0.922. The van der Waals surface area contributed by atoms with Crippen LogP contribution in [0.25, 0.3) is 0 Å². The number of aromatic nitrogens is 3. The number of nitrogens with zero attached hydrogens (tertiary/aromatic N) is 4. The number of hydrogen-bond acceptors (Lipinski definition) is 5. The number of fused-ring (bicyclic) bond motifs is 1. The number of para-hydroxylation sites is 1. The van der Waals surface area contributed by atoms with Crippen LogP contribution in [-0.2, 0) is 13.0 Å². The molecule has 0 bridgehead atoms. The molecule has 0 aliphatic carbocycles. The van der Waals surface area contributed by atoms with Crippen LogP contribution in [0.1, 0.15) is 23.9 Å². The Morgan fingerprint density at radius 1 is 1.33 bits per heavy atom. The zero-order chi connectivity index (χ0) is 16.4. The van der Waals surface area contributed by atoms with Crippen LogP contribution in [0, 0.1) is 5.92 Å². The van der Waals surface area contributed by atoms with Gasteiger partial charge in [-0.3, -0.25) is 4.90 Å². The van der Waals surface area contributed by atoms with E-state index >= 15 is 0 Å². The maximum absolute atomic E-state index is 5.60. The average molecular weight is 327 g/mol. The topological polar surface area (TPSA) is 55.2 Å². The van der Waals surface area contributed by atoms with E-state index in [1.54, 1.807) is 7.11 Å². The Kier molecular flexibility index (Phi) is 4.49. The minimum atomic E-state index is 0.372. The number of piperazine rings is 1. The van der Waals surface area contributed by atoms with Crippen molar-refractivity contribution in [1.82, 2.24) is 25.0 Å². The summed E-state index contributed by atoms with van der Waals surface area (Å²) in [5.41, 5.74) is 1.29. The Labute approximate surface area is 142 Å². The van der Waals surface area contributed by atoms with Crippen LogP contribution in [0.2, 0.25) is 0 Å². The molecule has 128 valence electrons. The van der Waals surface area contributed by atoms with E-state index in [2.05, 4.69) is 43.2 Å². The van der Waals surface area contributed by atoms with Crippen LogP contribution in [0.3, 0.4) is 0 Å². The molecule has 2 atom stereocenters. The van der Waals surface area contributed by atoms with Crippen molar-refractivity contribution in [3.63, 3.8) is 0 Å². The van der Waals surface area contributed by atoms with Gasteiger partial charge in [-0.25, -0.2) is 0 Å². The fourth-order valence-corrected chi connectivity index (χ4v) is 4.02. The van der Waals surface area contributed by atoms with E-state index in [9.17, 15) is 0 Å². The minimum absolute atomic E-state index is 0.372. The zero-order valence-electron chi connectivity index (χ0n) is 14.2. The second-order valence-corrected chi connectivity index (χ2v) is 6.76. The molecule has 1 N–H and O–H groups in total. The highest BCUT2D eigenvalue weighted by Crippen LogP contribution is 2.31. The molecule has 2 aliphatic rings. The van der Waals surface area contributed by atoms with E-state index in [-0.39, 0.29) is 0 Å². The third-order valence-electron chi connectivity index (χ3n) is 5.27. The van der Waals surface area contributed by atoms with Crippen LogP contribution in [0.4, 0.5) is 0 Å². The molecule has 24 heavy (non-hydrogen) atoms. The van der Waals surface area contributed by atoms with Gasteiger partial charge in [-0.2, -0.15) is 0 Å². The highest BCUT2D eigenvalue weighted by molar-refractivity contribution is 5.36. The van der Waals surface area contributed by atoms with Crippen molar-refractivity contribution in [1.29, 1.82) is 0 Å². The maximum atomic E-state index is 5.60. The van der Waals surface area contributed by atoms with Crippen LogP contribution in [0.5, 0.6) is 5.75 Å². The molecule has 1 saturated heterocycles. The Hall–Kier alpha value is -1.92. The third kappa shape index (κ3) is 3.03. The highest BCUT2D eigenvalue weighted by atomic mass is 16.5. The fraction of sp³-hybridized carbons (Fsp3) is 0.556. The minimum Gasteiger partial charge on any atom is -0.496 e. The molecule has 6 nitrogen and oxygen atoms in total. The molecule has 6 heteroatoms. The molecule has 2 aromatic rings. The lowest BCUT2D eigenvalue weighted by atomic mass is 9.95. The number of nitrogens with one attached hydrogen (secondary N) is 1. The predicted octanol–water partition coefficient (Wildman–Crippen LogP) is 1.50. The van der Waals surface area contributed by atoms with Crippen LogP contribution in [-0.4, -0.2) is 53.0 Å². The van der Waals surface area contributed by atoms with Gasteiger partial charge in [0.25, 0.3) is 0 Å². The van der Waals surface area contributed by atoms with Gasteiger partial charge in [-0.1, -0.05) is 18.2 Å². The van der Waals surface area contributed by atoms with Crippen molar-refractivity contribution < 1.29 is 4.74 Å². The molecule has 4 rings (SSSR count). The van der Waals surface area contributed by atoms with E-state index in [0.29, 0.717) is 12.0 Å². The molecule has 0 amide bonds. The van der Waals surface area contributed by atoms with Gasteiger partial charge in [0.2, 0.25) is 0 Å². The normalized spacial score (nSPS) is 24.5. The highest BCUT2D eigenvalue weighted by Gasteiger charge is 2.29. The van der Waals surface area contributed by atoms with Gasteiger partial charge in [-0.15, -0.1) is 10.2 Å². The van der Waals surface area contributed by atoms with E-state index < -0.39 is 0 Å². The standard InChI is InChI=1S/C18H25N5O/c1-24-17-5-3-2-4-15(17)16-10-19-8-9-22(16)11-14-6-7-18-21-20-13-23(18)12-14/h2-5,13-14,16,19H,6-12H2,1H3. The van der Waals surface area contributed by atoms with Crippen molar-refractivity contribution in [2.24, 2.45) is 5.92 Å². The number of benzene rings is 1. The Bertz CT molecular complexity index is 686. The number of aryl methyl sites for hydroxylation is 1. The first kappa shape index (κ1) is 15.6. The molecular formula is C18H25N5O. The second kappa shape index (κ2) is 6.91. The summed E-state index contributed by atoms with van der Waals surface area (Å²) in [5.74, 6) is 2.78. The SMILES string of the molecule is COc1ccccc1C1CNCCN1CC1CCc2nncn2C1. The largest absolute Gasteiger partial charge is 0.496 e. The molecule has 1 aromatic heterocycles. The van der Waals surface area contributed by atoms with Crippen molar-refractivity contribution in [3.8, 4) is 5.75 Å². The fourth-order valence-electron chi connectivity index (χ4n) is 4.02. The van der Waals surface area contributed by atoms with E-state index in [4.69, 9.17) is 4.74 Å². The third-order valence-corrected chi connectivity index (χ3v) is 5.27. The van der Waals surface area contributed by atoms with Gasteiger partial charge in [0.1, 0.15) is 17.9 Å². The summed E-state index contributed by atoms with van der Waals surface area (Å²) >= 11 is 0. The summed E-state index contributed by atoms with van der Waals surface area (Å²) in [4.78, 5) is 2.62. The number of ether oxygens (including phenoxy) is 1. The van der Waals surface area contributed by atoms with Crippen molar-refractivity contribution >= 4 is 0 Å². The summed E-state index contributed by atoms with van der Waals surface area (Å²) in [7, 11) is 1.76. The molecule has 0 spiro atoms. The first-order valence-corrected chi connectivity index (χ1v) is 8.79. The van der Waals surface area contributed by atoms with Crippen molar-refractivity contribution in [2.45, 2.75) is 25.4 Å². The zero-order valence-corrected chi connectivity index (χ0v) is 14.2. The molecule has 2 unspecified atom stereocenters. The molecule has 3 heterocycles. The predicted molar refractivity (Wildman–Crippen MR) is 92.0 cm³/mol. The lowest BCUT2D eigenvalue weighted by molar-refractivity contribution is 0.122. The number of rotatable bonds is 4. The number of hydrogen-bond donors (Lipinski definition) is 1. The molecule has 1 aromatic carbocycles. The Morgan fingerprint density at radius 2 is 2.25 bits per heavy atom. The summed E-state index contributed by atoms with van der Waals surface area (Å²) in [5, 5.41) is 11.8. The first-order valence-electron chi connectivity index (χ1n) is 8.79. The summed E-state index contributed by atoms with van der Waals surface area (Å²) in [6.45, 7) is 5.25. The molecule has 1 fully saturated rings. The smallest absolute Gasteiger partial charge is 0.132 e. The Morgan fingerprint density at radius 3 is 3.17 bits per heavy atom. The van der Waals surface area contributed by atoms with Gasteiger partial charge in [0, 0.05) is 44.7 Å². The van der Waals surface area contributed by atoms with Gasteiger partial charge in [0.15, 0.2) is 0 Å². The molecule has 0 radical (unpaired) electrons.